The highest BCUT2D eigenvalue weighted by Crippen LogP contribution is 2.49. The number of esters is 1. The van der Waals surface area contributed by atoms with Gasteiger partial charge in [0.15, 0.2) is 0 Å². The molecule has 1 heterocycles. The Hall–Kier alpha value is -3.39. The molecule has 38 heavy (non-hydrogen) atoms. The minimum atomic E-state index is -0.609. The SMILES string of the molecule is COC(=O)C1(c2ccc(-c3ccc(-c4snc(C)c4NC(=O)OCc4cccc(Cl)c4Cl)cc3)cc2)CC1. The van der Waals surface area contributed by atoms with Gasteiger partial charge in [-0.2, -0.15) is 4.37 Å². The number of anilines is 1. The highest BCUT2D eigenvalue weighted by molar-refractivity contribution is 7.10. The summed E-state index contributed by atoms with van der Waals surface area (Å²) in [5.41, 5.74) is 5.44. The van der Waals surface area contributed by atoms with Crippen LogP contribution in [0, 0.1) is 6.92 Å². The molecule has 3 aromatic carbocycles. The third-order valence-corrected chi connectivity index (χ3v) is 8.57. The summed E-state index contributed by atoms with van der Waals surface area (Å²) < 4.78 is 14.8. The van der Waals surface area contributed by atoms with Gasteiger partial charge in [-0.25, -0.2) is 4.79 Å². The van der Waals surface area contributed by atoms with Crippen molar-refractivity contribution in [1.82, 2.24) is 4.37 Å². The second kappa shape index (κ2) is 10.8. The summed E-state index contributed by atoms with van der Waals surface area (Å²) in [6.45, 7) is 1.83. The van der Waals surface area contributed by atoms with Crippen LogP contribution in [0.5, 0.6) is 0 Å². The predicted molar refractivity (Wildman–Crippen MR) is 151 cm³/mol. The average Bonchev–Trinajstić information content (AvgIpc) is 3.68. The molecule has 1 aliphatic rings. The van der Waals surface area contributed by atoms with Crippen LogP contribution in [0.1, 0.15) is 29.7 Å². The number of ether oxygens (including phenoxy) is 2. The van der Waals surface area contributed by atoms with E-state index in [1.807, 2.05) is 55.5 Å². The number of methoxy groups -OCH3 is 1. The lowest BCUT2D eigenvalue weighted by atomic mass is 9.93. The maximum absolute atomic E-state index is 12.6. The molecule has 9 heteroatoms. The Kier molecular flexibility index (Phi) is 7.43. The summed E-state index contributed by atoms with van der Waals surface area (Å²) in [6, 6.07) is 21.3. The number of hydrogen-bond donors (Lipinski definition) is 1. The molecule has 0 spiro atoms. The first-order valence-corrected chi connectivity index (χ1v) is 13.5. The van der Waals surface area contributed by atoms with Crippen LogP contribution >= 0.6 is 34.7 Å². The number of carbonyl (C=O) groups excluding carboxylic acids is 2. The standard InChI is InChI=1S/C29H24Cl2N2O4S/c1-17-25(32-28(35)37-16-21-4-3-5-23(30)24(21)31)26(38-33-17)20-8-6-18(7-9-20)19-10-12-22(13-11-19)29(14-15-29)27(34)36-2/h3-13H,14-16H2,1-2H3,(H,32,35). The van der Waals surface area contributed by atoms with Crippen molar-refractivity contribution >= 4 is 52.5 Å². The molecule has 1 amide bonds. The van der Waals surface area contributed by atoms with Gasteiger partial charge in [-0.15, -0.1) is 0 Å². The van der Waals surface area contributed by atoms with E-state index in [2.05, 4.69) is 9.69 Å². The number of carbonyl (C=O) groups is 2. The Bertz CT molecular complexity index is 1500. The van der Waals surface area contributed by atoms with Crippen LogP contribution in [-0.2, 0) is 26.3 Å². The monoisotopic (exact) mass is 566 g/mol. The molecule has 194 valence electrons. The molecule has 5 rings (SSSR count). The summed E-state index contributed by atoms with van der Waals surface area (Å²) in [4.78, 5) is 25.6. The van der Waals surface area contributed by atoms with Gasteiger partial charge in [0.05, 0.1) is 38.8 Å². The molecule has 1 N–H and O–H groups in total. The van der Waals surface area contributed by atoms with Crippen LogP contribution < -0.4 is 5.32 Å². The Morgan fingerprint density at radius 2 is 1.61 bits per heavy atom. The molecule has 0 bridgehead atoms. The summed E-state index contributed by atoms with van der Waals surface area (Å²) in [5.74, 6) is -0.170. The summed E-state index contributed by atoms with van der Waals surface area (Å²) in [6.07, 6.45) is 1.03. The fourth-order valence-corrected chi connectivity index (χ4v) is 5.61. The fraction of sp³-hybridized carbons (Fsp3) is 0.207. The van der Waals surface area contributed by atoms with E-state index in [0.717, 1.165) is 40.0 Å². The molecule has 1 aliphatic carbocycles. The number of nitrogens with one attached hydrogen (secondary N) is 1. The zero-order valence-electron chi connectivity index (χ0n) is 20.7. The minimum Gasteiger partial charge on any atom is -0.468 e. The molecule has 1 aromatic heterocycles. The number of nitrogens with zero attached hydrogens (tertiary/aromatic N) is 1. The Morgan fingerprint density at radius 1 is 0.974 bits per heavy atom. The fourth-order valence-electron chi connectivity index (χ4n) is 4.38. The van der Waals surface area contributed by atoms with Crippen LogP contribution in [0.15, 0.2) is 66.7 Å². The summed E-state index contributed by atoms with van der Waals surface area (Å²) in [5, 5.41) is 3.59. The largest absolute Gasteiger partial charge is 0.468 e. The molecule has 0 unspecified atom stereocenters. The van der Waals surface area contributed by atoms with Gasteiger partial charge in [0.2, 0.25) is 0 Å². The normalized spacial score (nSPS) is 13.6. The Labute approximate surface area is 234 Å². The van der Waals surface area contributed by atoms with Gasteiger partial charge < -0.3 is 9.47 Å². The quantitative estimate of drug-likeness (QED) is 0.229. The van der Waals surface area contributed by atoms with Crippen molar-refractivity contribution in [1.29, 1.82) is 0 Å². The van der Waals surface area contributed by atoms with Crippen molar-refractivity contribution in [3.8, 4) is 21.6 Å². The van der Waals surface area contributed by atoms with Crippen molar-refractivity contribution in [2.75, 3.05) is 12.4 Å². The molecule has 1 saturated carbocycles. The van der Waals surface area contributed by atoms with Crippen LogP contribution in [0.2, 0.25) is 10.0 Å². The second-order valence-corrected chi connectivity index (χ2v) is 10.7. The lowest BCUT2D eigenvalue weighted by Crippen LogP contribution is -2.21. The topological polar surface area (TPSA) is 77.5 Å². The van der Waals surface area contributed by atoms with Gasteiger partial charge in [-0.3, -0.25) is 10.1 Å². The molecular weight excluding hydrogens is 543 g/mol. The number of hydrogen-bond acceptors (Lipinski definition) is 6. The molecule has 0 saturated heterocycles. The maximum atomic E-state index is 12.6. The molecular formula is C29H24Cl2N2O4S. The van der Waals surface area contributed by atoms with Crippen molar-refractivity contribution in [3.05, 3.63) is 93.6 Å². The number of rotatable bonds is 7. The Morgan fingerprint density at radius 3 is 2.24 bits per heavy atom. The smallest absolute Gasteiger partial charge is 0.412 e. The van der Waals surface area contributed by atoms with Crippen molar-refractivity contribution in [3.63, 3.8) is 0 Å². The molecule has 0 radical (unpaired) electrons. The van der Waals surface area contributed by atoms with E-state index < -0.39 is 11.5 Å². The number of amides is 1. The van der Waals surface area contributed by atoms with E-state index in [0.29, 0.717) is 27.0 Å². The molecule has 0 atom stereocenters. The highest BCUT2D eigenvalue weighted by Gasteiger charge is 2.52. The summed E-state index contributed by atoms with van der Waals surface area (Å²) >= 11 is 13.5. The summed E-state index contributed by atoms with van der Waals surface area (Å²) in [7, 11) is 1.43. The predicted octanol–water partition coefficient (Wildman–Crippen LogP) is 8.05. The zero-order chi connectivity index (χ0) is 26.9. The van der Waals surface area contributed by atoms with Gasteiger partial charge in [0, 0.05) is 5.56 Å². The highest BCUT2D eigenvalue weighted by atomic mass is 35.5. The van der Waals surface area contributed by atoms with Crippen molar-refractivity contribution in [2.24, 2.45) is 0 Å². The van der Waals surface area contributed by atoms with E-state index >= 15 is 0 Å². The minimum absolute atomic E-state index is 0.00852. The second-order valence-electron chi connectivity index (χ2n) is 9.11. The number of aryl methyl sites for hydroxylation is 1. The van der Waals surface area contributed by atoms with Crippen LogP contribution in [-0.4, -0.2) is 23.5 Å². The first-order valence-electron chi connectivity index (χ1n) is 11.9. The van der Waals surface area contributed by atoms with Crippen LogP contribution in [0.25, 0.3) is 21.6 Å². The lowest BCUT2D eigenvalue weighted by molar-refractivity contribution is -0.143. The number of benzene rings is 3. The van der Waals surface area contributed by atoms with Gasteiger partial charge >= 0.3 is 12.1 Å². The average molecular weight is 567 g/mol. The first-order chi connectivity index (χ1) is 18.3. The van der Waals surface area contributed by atoms with E-state index in [4.69, 9.17) is 32.7 Å². The van der Waals surface area contributed by atoms with Gasteiger partial charge in [0.1, 0.15) is 6.61 Å². The van der Waals surface area contributed by atoms with Crippen molar-refractivity contribution in [2.45, 2.75) is 31.8 Å². The van der Waals surface area contributed by atoms with Crippen molar-refractivity contribution < 1.29 is 19.1 Å². The van der Waals surface area contributed by atoms with Gasteiger partial charge in [0.25, 0.3) is 0 Å². The van der Waals surface area contributed by atoms with Gasteiger partial charge in [-0.05, 0) is 59.6 Å². The van der Waals surface area contributed by atoms with E-state index in [9.17, 15) is 9.59 Å². The van der Waals surface area contributed by atoms with Gasteiger partial charge in [-0.1, -0.05) is 83.9 Å². The third kappa shape index (κ3) is 5.14. The van der Waals surface area contributed by atoms with Crippen LogP contribution in [0.3, 0.4) is 0 Å². The van der Waals surface area contributed by atoms with Crippen LogP contribution in [0.4, 0.5) is 10.5 Å². The first kappa shape index (κ1) is 26.2. The Balaban J connectivity index is 1.28. The molecule has 0 aliphatic heterocycles. The lowest BCUT2D eigenvalue weighted by Gasteiger charge is -2.13. The van der Waals surface area contributed by atoms with E-state index in [1.165, 1.54) is 18.6 Å². The number of aromatic nitrogens is 1. The zero-order valence-corrected chi connectivity index (χ0v) is 23.0. The third-order valence-electron chi connectivity index (χ3n) is 6.72. The van der Waals surface area contributed by atoms with E-state index in [-0.39, 0.29) is 12.6 Å². The molecule has 1 fully saturated rings. The van der Waals surface area contributed by atoms with E-state index in [1.54, 1.807) is 18.2 Å². The molecule has 4 aromatic rings. The maximum Gasteiger partial charge on any atom is 0.412 e. The number of halogens is 2. The molecule has 6 nitrogen and oxygen atoms in total.